The van der Waals surface area contributed by atoms with E-state index in [-0.39, 0.29) is 18.8 Å². The molecule has 0 saturated heterocycles. The summed E-state index contributed by atoms with van der Waals surface area (Å²) in [7, 11) is 0. The van der Waals surface area contributed by atoms with Crippen molar-refractivity contribution >= 4 is 22.6 Å². The fourth-order valence-corrected chi connectivity index (χ4v) is 2.14. The Morgan fingerprint density at radius 1 is 1.29 bits per heavy atom. The van der Waals surface area contributed by atoms with E-state index in [0.717, 1.165) is 0 Å². The van der Waals surface area contributed by atoms with Crippen molar-refractivity contribution in [1.29, 1.82) is 0 Å². The van der Waals surface area contributed by atoms with Crippen LogP contribution in [0.1, 0.15) is 23.7 Å². The lowest BCUT2D eigenvalue weighted by Crippen LogP contribution is -2.45. The monoisotopic (exact) mass is 290 g/mol. The molecular weight excluding hydrogens is 272 g/mol. The second kappa shape index (κ2) is 6.07. The summed E-state index contributed by atoms with van der Waals surface area (Å²) >= 11 is 0. The first kappa shape index (κ1) is 15.2. The minimum atomic E-state index is -1.11. The van der Waals surface area contributed by atoms with E-state index < -0.39 is 11.5 Å². The van der Waals surface area contributed by atoms with E-state index in [4.69, 9.17) is 0 Å². The zero-order valence-corrected chi connectivity index (χ0v) is 11.7. The molecular formula is C15H18N2O4. The van der Waals surface area contributed by atoms with Crippen molar-refractivity contribution in [3.63, 3.8) is 0 Å². The predicted molar refractivity (Wildman–Crippen MR) is 79.5 cm³/mol. The smallest absolute Gasteiger partial charge is 0.339 e. The van der Waals surface area contributed by atoms with Gasteiger partial charge in [-0.2, -0.15) is 0 Å². The number of anilines is 1. The van der Waals surface area contributed by atoms with E-state index in [1.165, 1.54) is 6.20 Å². The average Bonchev–Trinajstić information content (AvgIpc) is 2.52. The Kier molecular flexibility index (Phi) is 4.40. The van der Waals surface area contributed by atoms with E-state index in [0.29, 0.717) is 23.0 Å². The number of nitrogens with one attached hydrogen (secondary N) is 1. The minimum Gasteiger partial charge on any atom is -0.478 e. The van der Waals surface area contributed by atoms with Gasteiger partial charge in [0.25, 0.3) is 0 Å². The lowest BCUT2D eigenvalue weighted by molar-refractivity contribution is 0.0696. The van der Waals surface area contributed by atoms with Gasteiger partial charge in [0.05, 0.1) is 30.0 Å². The highest BCUT2D eigenvalue weighted by atomic mass is 16.4. The number of aliphatic hydroxyl groups is 2. The molecule has 6 heteroatoms. The summed E-state index contributed by atoms with van der Waals surface area (Å²) in [6.45, 7) is 1.19. The number of pyridine rings is 1. The van der Waals surface area contributed by atoms with Crippen molar-refractivity contribution in [3.8, 4) is 0 Å². The molecule has 1 aromatic heterocycles. The first-order valence-corrected chi connectivity index (χ1v) is 6.68. The van der Waals surface area contributed by atoms with Crippen molar-refractivity contribution in [1.82, 2.24) is 4.98 Å². The van der Waals surface area contributed by atoms with Gasteiger partial charge < -0.3 is 20.6 Å². The number of nitrogens with zero attached hydrogens (tertiary/aromatic N) is 1. The van der Waals surface area contributed by atoms with Crippen molar-refractivity contribution in [2.75, 3.05) is 18.5 Å². The summed E-state index contributed by atoms with van der Waals surface area (Å²) in [4.78, 5) is 15.5. The Morgan fingerprint density at radius 3 is 2.52 bits per heavy atom. The quantitative estimate of drug-likeness (QED) is 0.642. The first-order valence-electron chi connectivity index (χ1n) is 6.68. The van der Waals surface area contributed by atoms with Crippen LogP contribution >= 0.6 is 0 Å². The van der Waals surface area contributed by atoms with E-state index >= 15 is 0 Å². The molecule has 0 bridgehead atoms. The van der Waals surface area contributed by atoms with Crippen molar-refractivity contribution in [3.05, 3.63) is 36.0 Å². The first-order chi connectivity index (χ1) is 10.1. The van der Waals surface area contributed by atoms with Crippen molar-refractivity contribution in [2.45, 2.75) is 18.9 Å². The van der Waals surface area contributed by atoms with E-state index in [2.05, 4.69) is 10.3 Å². The molecule has 0 saturated carbocycles. The molecule has 6 nitrogen and oxygen atoms in total. The normalized spacial score (nSPS) is 11.6. The van der Waals surface area contributed by atoms with Gasteiger partial charge in [-0.3, -0.25) is 4.98 Å². The van der Waals surface area contributed by atoms with Crippen LogP contribution in [0.4, 0.5) is 5.69 Å². The number of aromatic carboxylic acids is 1. The number of carbonyl (C=O) groups is 1. The van der Waals surface area contributed by atoms with Crippen LogP contribution in [-0.2, 0) is 0 Å². The molecule has 21 heavy (non-hydrogen) atoms. The molecule has 0 spiro atoms. The highest BCUT2D eigenvalue weighted by molar-refractivity contribution is 6.04. The standard InChI is InChI=1S/C15H18N2O4/c1-2-15(8-18,9-19)17-13-10-5-3-4-6-12(10)16-7-11(13)14(20)21/h3-7,18-19H,2,8-9H2,1H3,(H,16,17)(H,20,21). The third-order valence-electron chi connectivity index (χ3n) is 3.68. The fraction of sp³-hybridized carbons (Fsp3) is 0.333. The number of carboxylic acids is 1. The van der Waals surface area contributed by atoms with E-state index in [9.17, 15) is 20.1 Å². The number of hydrogen-bond acceptors (Lipinski definition) is 5. The van der Waals surface area contributed by atoms with Gasteiger partial charge in [0.1, 0.15) is 5.56 Å². The van der Waals surface area contributed by atoms with E-state index in [1.807, 2.05) is 13.0 Å². The molecule has 2 aromatic rings. The second-order valence-electron chi connectivity index (χ2n) is 4.94. The Hall–Kier alpha value is -2.18. The predicted octanol–water partition coefficient (Wildman–Crippen LogP) is 1.48. The molecule has 112 valence electrons. The fourth-order valence-electron chi connectivity index (χ4n) is 2.14. The third kappa shape index (κ3) is 2.81. The number of para-hydroxylation sites is 1. The van der Waals surface area contributed by atoms with Gasteiger partial charge in [0.15, 0.2) is 0 Å². The minimum absolute atomic E-state index is 0.00780. The van der Waals surface area contributed by atoms with Crippen LogP contribution < -0.4 is 5.32 Å². The van der Waals surface area contributed by atoms with Gasteiger partial charge >= 0.3 is 5.97 Å². The number of hydrogen-bond donors (Lipinski definition) is 4. The highest BCUT2D eigenvalue weighted by Crippen LogP contribution is 2.29. The molecule has 1 aromatic carbocycles. The molecule has 0 radical (unpaired) electrons. The summed E-state index contributed by atoms with van der Waals surface area (Å²) in [6.07, 6.45) is 1.72. The second-order valence-corrected chi connectivity index (χ2v) is 4.94. The molecule has 0 aliphatic carbocycles. The maximum atomic E-state index is 11.4. The van der Waals surface area contributed by atoms with E-state index in [1.54, 1.807) is 18.2 Å². The van der Waals surface area contributed by atoms with Crippen LogP contribution in [0.5, 0.6) is 0 Å². The molecule has 0 amide bonds. The lowest BCUT2D eigenvalue weighted by atomic mass is 9.96. The molecule has 0 unspecified atom stereocenters. The van der Waals surface area contributed by atoms with Crippen LogP contribution in [0, 0.1) is 0 Å². The van der Waals surface area contributed by atoms with Gasteiger partial charge in [-0.25, -0.2) is 4.79 Å². The summed E-state index contributed by atoms with van der Waals surface area (Å²) in [6, 6.07) is 7.13. The van der Waals surface area contributed by atoms with Crippen LogP contribution in [0.3, 0.4) is 0 Å². The number of fused-ring (bicyclic) bond motifs is 1. The third-order valence-corrected chi connectivity index (χ3v) is 3.68. The molecule has 0 atom stereocenters. The molecule has 2 rings (SSSR count). The highest BCUT2D eigenvalue weighted by Gasteiger charge is 2.29. The summed E-state index contributed by atoms with van der Waals surface area (Å²) in [5.74, 6) is -1.11. The molecule has 0 fully saturated rings. The number of aliphatic hydroxyl groups excluding tert-OH is 2. The molecule has 0 aliphatic heterocycles. The van der Waals surface area contributed by atoms with Crippen LogP contribution in [-0.4, -0.2) is 45.0 Å². The van der Waals surface area contributed by atoms with Crippen LogP contribution in [0.25, 0.3) is 10.9 Å². The Bertz CT molecular complexity index is 645. The van der Waals surface area contributed by atoms with Gasteiger partial charge in [-0.15, -0.1) is 0 Å². The Morgan fingerprint density at radius 2 is 1.95 bits per heavy atom. The van der Waals surface area contributed by atoms with Crippen LogP contribution in [0.2, 0.25) is 0 Å². The number of aromatic nitrogens is 1. The Labute approximate surface area is 122 Å². The largest absolute Gasteiger partial charge is 0.478 e. The SMILES string of the molecule is CCC(CO)(CO)Nc1c(C(=O)O)cnc2ccccc12. The van der Waals surface area contributed by atoms with Gasteiger partial charge in [0.2, 0.25) is 0 Å². The van der Waals surface area contributed by atoms with Crippen LogP contribution in [0.15, 0.2) is 30.5 Å². The number of carboxylic acid groups (broad SMARTS) is 1. The van der Waals surface area contributed by atoms with Gasteiger partial charge in [-0.05, 0) is 12.5 Å². The summed E-state index contributed by atoms with van der Waals surface area (Å²) in [5.41, 5.74) is 0.0336. The van der Waals surface area contributed by atoms with Crippen molar-refractivity contribution in [2.24, 2.45) is 0 Å². The maximum Gasteiger partial charge on any atom is 0.339 e. The number of benzene rings is 1. The Balaban J connectivity index is 2.64. The zero-order valence-electron chi connectivity index (χ0n) is 11.7. The lowest BCUT2D eigenvalue weighted by Gasteiger charge is -2.32. The van der Waals surface area contributed by atoms with Gasteiger partial charge in [0, 0.05) is 11.6 Å². The summed E-state index contributed by atoms with van der Waals surface area (Å²) < 4.78 is 0. The maximum absolute atomic E-state index is 11.4. The topological polar surface area (TPSA) is 103 Å². The summed E-state index contributed by atoms with van der Waals surface area (Å²) in [5, 5.41) is 32.1. The van der Waals surface area contributed by atoms with Crippen molar-refractivity contribution < 1.29 is 20.1 Å². The number of rotatable bonds is 6. The molecule has 4 N–H and O–H groups in total. The molecule has 1 heterocycles. The molecule has 0 aliphatic rings. The average molecular weight is 290 g/mol. The zero-order chi connectivity index (χ0) is 15.5. The van der Waals surface area contributed by atoms with Gasteiger partial charge in [-0.1, -0.05) is 25.1 Å².